The maximum absolute atomic E-state index is 5.76. The SMILES string of the molecule is C#CCn1nnnc1C1=Cc2cccc(OC)c2OC1. The van der Waals surface area contributed by atoms with Crippen LogP contribution in [0.3, 0.4) is 0 Å². The summed E-state index contributed by atoms with van der Waals surface area (Å²) in [6.07, 6.45) is 7.29. The van der Waals surface area contributed by atoms with Gasteiger partial charge in [-0.2, -0.15) is 0 Å². The normalized spacial score (nSPS) is 12.9. The predicted molar refractivity (Wildman–Crippen MR) is 73.0 cm³/mol. The lowest BCUT2D eigenvalue weighted by Gasteiger charge is -2.19. The number of terminal acetylenes is 1. The summed E-state index contributed by atoms with van der Waals surface area (Å²) >= 11 is 0. The summed E-state index contributed by atoms with van der Waals surface area (Å²) in [4.78, 5) is 0. The largest absolute Gasteiger partial charge is 0.493 e. The number of tetrazole rings is 1. The van der Waals surface area contributed by atoms with Crippen molar-refractivity contribution in [3.05, 3.63) is 29.6 Å². The summed E-state index contributed by atoms with van der Waals surface area (Å²) in [6.45, 7) is 0.697. The molecule has 1 aromatic carbocycles. The molecule has 0 atom stereocenters. The average Bonchev–Trinajstić information content (AvgIpc) is 2.94. The Morgan fingerprint density at radius 1 is 1.50 bits per heavy atom. The van der Waals surface area contributed by atoms with Crippen molar-refractivity contribution >= 4 is 11.6 Å². The Morgan fingerprint density at radius 2 is 2.40 bits per heavy atom. The monoisotopic (exact) mass is 268 g/mol. The van der Waals surface area contributed by atoms with Crippen molar-refractivity contribution in [1.82, 2.24) is 20.2 Å². The van der Waals surface area contributed by atoms with Crippen LogP contribution in [0, 0.1) is 12.3 Å². The van der Waals surface area contributed by atoms with Crippen molar-refractivity contribution in [2.24, 2.45) is 0 Å². The van der Waals surface area contributed by atoms with Crippen LogP contribution >= 0.6 is 0 Å². The minimum atomic E-state index is 0.324. The van der Waals surface area contributed by atoms with E-state index in [1.807, 2.05) is 24.3 Å². The third kappa shape index (κ3) is 1.99. The van der Waals surface area contributed by atoms with E-state index in [9.17, 15) is 0 Å². The quantitative estimate of drug-likeness (QED) is 0.784. The van der Waals surface area contributed by atoms with Gasteiger partial charge < -0.3 is 9.47 Å². The molecule has 0 N–H and O–H groups in total. The smallest absolute Gasteiger partial charge is 0.182 e. The van der Waals surface area contributed by atoms with E-state index in [1.165, 1.54) is 0 Å². The van der Waals surface area contributed by atoms with Crippen LogP contribution in [0.1, 0.15) is 11.4 Å². The molecule has 100 valence electrons. The third-order valence-corrected chi connectivity index (χ3v) is 2.99. The van der Waals surface area contributed by atoms with Gasteiger partial charge in [-0.3, -0.25) is 0 Å². The number of fused-ring (bicyclic) bond motifs is 1. The van der Waals surface area contributed by atoms with Crippen LogP contribution in [0.4, 0.5) is 0 Å². The Morgan fingerprint density at radius 3 is 3.20 bits per heavy atom. The number of benzene rings is 1. The second-order valence-electron chi connectivity index (χ2n) is 4.20. The molecule has 0 bridgehead atoms. The summed E-state index contributed by atoms with van der Waals surface area (Å²) in [6, 6.07) is 5.72. The van der Waals surface area contributed by atoms with E-state index in [0.29, 0.717) is 24.7 Å². The molecule has 0 aliphatic carbocycles. The maximum atomic E-state index is 5.76. The lowest BCUT2D eigenvalue weighted by atomic mass is 10.1. The van der Waals surface area contributed by atoms with Gasteiger partial charge in [0.25, 0.3) is 0 Å². The summed E-state index contributed by atoms with van der Waals surface area (Å²) in [5, 5.41) is 11.5. The van der Waals surface area contributed by atoms with E-state index >= 15 is 0 Å². The fourth-order valence-electron chi connectivity index (χ4n) is 2.10. The maximum Gasteiger partial charge on any atom is 0.182 e. The molecule has 3 rings (SSSR count). The second kappa shape index (κ2) is 5.05. The zero-order valence-corrected chi connectivity index (χ0v) is 10.9. The van der Waals surface area contributed by atoms with Crippen LogP contribution in [-0.2, 0) is 6.54 Å². The zero-order valence-electron chi connectivity index (χ0n) is 10.9. The Bertz CT molecular complexity index is 712. The van der Waals surface area contributed by atoms with Crippen molar-refractivity contribution in [3.63, 3.8) is 0 Å². The second-order valence-corrected chi connectivity index (χ2v) is 4.20. The van der Waals surface area contributed by atoms with Gasteiger partial charge in [-0.25, -0.2) is 4.68 Å². The lowest BCUT2D eigenvalue weighted by Crippen LogP contribution is -2.12. The van der Waals surface area contributed by atoms with Gasteiger partial charge in [0.2, 0.25) is 0 Å². The molecule has 0 unspecified atom stereocenters. The number of methoxy groups -OCH3 is 1. The fraction of sp³-hybridized carbons (Fsp3) is 0.214. The molecule has 2 aromatic rings. The molecular formula is C14H12N4O2. The first-order chi connectivity index (χ1) is 9.83. The first kappa shape index (κ1) is 12.2. The highest BCUT2D eigenvalue weighted by Crippen LogP contribution is 2.37. The van der Waals surface area contributed by atoms with Crippen LogP contribution in [-0.4, -0.2) is 33.9 Å². The zero-order chi connectivity index (χ0) is 13.9. The molecule has 0 amide bonds. The fourth-order valence-corrected chi connectivity index (χ4v) is 2.10. The van der Waals surface area contributed by atoms with Crippen molar-refractivity contribution in [1.29, 1.82) is 0 Å². The standard InChI is InChI=1S/C14H12N4O2/c1-3-7-18-14(15-16-17-18)11-8-10-5-4-6-12(19-2)13(10)20-9-11/h1,4-6,8H,7,9H2,2H3. The number of rotatable bonds is 3. The summed E-state index contributed by atoms with van der Waals surface area (Å²) in [7, 11) is 1.62. The molecule has 0 saturated heterocycles. The highest BCUT2D eigenvalue weighted by molar-refractivity contribution is 5.84. The van der Waals surface area contributed by atoms with E-state index in [4.69, 9.17) is 15.9 Å². The van der Waals surface area contributed by atoms with Gasteiger partial charge in [0, 0.05) is 11.1 Å². The van der Waals surface area contributed by atoms with Crippen molar-refractivity contribution < 1.29 is 9.47 Å². The van der Waals surface area contributed by atoms with E-state index < -0.39 is 0 Å². The van der Waals surface area contributed by atoms with E-state index in [-0.39, 0.29) is 0 Å². The Hall–Kier alpha value is -2.81. The summed E-state index contributed by atoms with van der Waals surface area (Å²) < 4.78 is 12.6. The van der Waals surface area contributed by atoms with Gasteiger partial charge in [0.1, 0.15) is 13.2 Å². The number of aromatic nitrogens is 4. The molecule has 6 heteroatoms. The number of ether oxygens (including phenoxy) is 2. The molecule has 6 nitrogen and oxygen atoms in total. The van der Waals surface area contributed by atoms with E-state index in [2.05, 4.69) is 21.4 Å². The van der Waals surface area contributed by atoms with Gasteiger partial charge in [0.05, 0.1) is 7.11 Å². The summed E-state index contributed by atoms with van der Waals surface area (Å²) in [5.74, 6) is 4.58. The van der Waals surface area contributed by atoms with E-state index in [0.717, 1.165) is 16.9 Å². The molecular weight excluding hydrogens is 256 g/mol. The van der Waals surface area contributed by atoms with Crippen molar-refractivity contribution in [3.8, 4) is 23.8 Å². The predicted octanol–water partition coefficient (Wildman–Crippen LogP) is 1.25. The van der Waals surface area contributed by atoms with Crippen LogP contribution in [0.25, 0.3) is 11.6 Å². The molecule has 2 heterocycles. The Balaban J connectivity index is 2.03. The van der Waals surface area contributed by atoms with Crippen molar-refractivity contribution in [2.45, 2.75) is 6.54 Å². The van der Waals surface area contributed by atoms with Gasteiger partial charge in [-0.05, 0) is 22.6 Å². The molecule has 1 aromatic heterocycles. The van der Waals surface area contributed by atoms with Crippen LogP contribution in [0.2, 0.25) is 0 Å². The van der Waals surface area contributed by atoms with Gasteiger partial charge >= 0.3 is 0 Å². The van der Waals surface area contributed by atoms with Crippen LogP contribution < -0.4 is 9.47 Å². The first-order valence-electron chi connectivity index (χ1n) is 6.04. The highest BCUT2D eigenvalue weighted by Gasteiger charge is 2.20. The topological polar surface area (TPSA) is 62.1 Å². The highest BCUT2D eigenvalue weighted by atomic mass is 16.5. The van der Waals surface area contributed by atoms with Crippen molar-refractivity contribution in [2.75, 3.05) is 13.7 Å². The molecule has 0 spiro atoms. The van der Waals surface area contributed by atoms with E-state index in [1.54, 1.807) is 11.8 Å². The number of para-hydroxylation sites is 1. The minimum absolute atomic E-state index is 0.324. The molecule has 1 aliphatic rings. The molecule has 0 fully saturated rings. The average molecular weight is 268 g/mol. The third-order valence-electron chi connectivity index (χ3n) is 2.99. The van der Waals surface area contributed by atoms with Gasteiger partial charge in [-0.15, -0.1) is 11.5 Å². The first-order valence-corrected chi connectivity index (χ1v) is 6.04. The molecule has 1 aliphatic heterocycles. The Labute approximate surface area is 116 Å². The summed E-state index contributed by atoms with van der Waals surface area (Å²) in [5.41, 5.74) is 1.81. The molecule has 20 heavy (non-hydrogen) atoms. The Kier molecular flexibility index (Phi) is 3.09. The number of hydrogen-bond donors (Lipinski definition) is 0. The lowest BCUT2D eigenvalue weighted by molar-refractivity contribution is 0.326. The van der Waals surface area contributed by atoms with Crippen LogP contribution in [0.15, 0.2) is 18.2 Å². The molecule has 0 radical (unpaired) electrons. The van der Waals surface area contributed by atoms with Crippen LogP contribution in [0.5, 0.6) is 11.5 Å². The minimum Gasteiger partial charge on any atom is -0.493 e. The number of nitrogens with zero attached hydrogens (tertiary/aromatic N) is 4. The van der Waals surface area contributed by atoms with Gasteiger partial charge in [0.15, 0.2) is 17.3 Å². The number of hydrogen-bond acceptors (Lipinski definition) is 5. The van der Waals surface area contributed by atoms with Gasteiger partial charge in [-0.1, -0.05) is 18.1 Å². The molecule has 0 saturated carbocycles.